The van der Waals surface area contributed by atoms with E-state index in [-0.39, 0.29) is 0 Å². The monoisotopic (exact) mass is 351 g/mol. The molecular formula is C12H10IN5. The van der Waals surface area contributed by atoms with Gasteiger partial charge in [0.25, 0.3) is 0 Å². The Morgan fingerprint density at radius 2 is 2.00 bits per heavy atom. The summed E-state index contributed by atoms with van der Waals surface area (Å²) in [6.45, 7) is 0. The van der Waals surface area contributed by atoms with Crippen LogP contribution in [0.1, 0.15) is 5.56 Å². The highest BCUT2D eigenvalue weighted by Crippen LogP contribution is 2.30. The average molecular weight is 351 g/mol. The van der Waals surface area contributed by atoms with Crippen molar-refractivity contribution < 1.29 is 0 Å². The van der Waals surface area contributed by atoms with E-state index in [1.165, 1.54) is 0 Å². The molecule has 1 aromatic heterocycles. The van der Waals surface area contributed by atoms with Crippen LogP contribution >= 0.6 is 22.9 Å². The van der Waals surface area contributed by atoms with Gasteiger partial charge < -0.3 is 3.53 Å². The summed E-state index contributed by atoms with van der Waals surface area (Å²) < 4.78 is 3.00. The number of nitrogens with zero attached hydrogens (tertiary/aromatic N) is 3. The maximum atomic E-state index is 8.87. The van der Waals surface area contributed by atoms with Gasteiger partial charge in [-0.25, -0.2) is 5.84 Å². The molecule has 18 heavy (non-hydrogen) atoms. The molecule has 0 unspecified atom stereocenters. The molecule has 3 N–H and O–H groups in total. The zero-order valence-electron chi connectivity index (χ0n) is 9.34. The van der Waals surface area contributed by atoms with Gasteiger partial charge in [0, 0.05) is 12.4 Å². The number of anilines is 3. The number of rotatable bonds is 3. The Balaban J connectivity index is 2.42. The lowest BCUT2D eigenvalue weighted by Gasteiger charge is -2.21. The first-order valence-corrected chi connectivity index (χ1v) is 6.20. The molecule has 1 heterocycles. The number of nitriles is 1. The fourth-order valence-electron chi connectivity index (χ4n) is 1.54. The van der Waals surface area contributed by atoms with Gasteiger partial charge in [0.2, 0.25) is 0 Å². The van der Waals surface area contributed by atoms with Gasteiger partial charge in [0.1, 0.15) is 0 Å². The first kappa shape index (κ1) is 12.6. The Labute approximate surface area is 119 Å². The number of aromatic nitrogens is 1. The summed E-state index contributed by atoms with van der Waals surface area (Å²) in [6.07, 6.45) is 3.35. The lowest BCUT2D eigenvalue weighted by molar-refractivity contribution is 1.08. The lowest BCUT2D eigenvalue weighted by Crippen LogP contribution is -2.25. The van der Waals surface area contributed by atoms with Gasteiger partial charge in [-0.2, -0.15) is 5.26 Å². The van der Waals surface area contributed by atoms with Crippen LogP contribution < -0.4 is 14.4 Å². The maximum Gasteiger partial charge on any atom is 0.0992 e. The second-order valence-electron chi connectivity index (χ2n) is 3.51. The van der Waals surface area contributed by atoms with E-state index < -0.39 is 0 Å². The van der Waals surface area contributed by atoms with Crippen molar-refractivity contribution >= 4 is 39.9 Å². The minimum absolute atomic E-state index is 0.584. The smallest absolute Gasteiger partial charge is 0.0992 e. The summed E-state index contributed by atoms with van der Waals surface area (Å²) in [5, 5.41) is 10.4. The Morgan fingerprint density at radius 3 is 2.61 bits per heavy atom. The molecule has 0 amide bonds. The van der Waals surface area contributed by atoms with Crippen molar-refractivity contribution in [2.45, 2.75) is 0 Å². The molecule has 2 aromatic rings. The van der Waals surface area contributed by atoms with E-state index in [2.05, 4.69) is 14.6 Å². The summed E-state index contributed by atoms with van der Waals surface area (Å²) >= 11 is 2.01. The van der Waals surface area contributed by atoms with Crippen LogP contribution in [0.15, 0.2) is 42.7 Å². The second kappa shape index (κ2) is 5.66. The number of hydrogen-bond acceptors (Lipinski definition) is 5. The lowest BCUT2D eigenvalue weighted by atomic mass is 10.2. The molecule has 0 saturated carbocycles. The SMILES string of the molecule is N#Cc1ccc(N(N)c2ccncc2)c(NI)c1. The highest BCUT2D eigenvalue weighted by molar-refractivity contribution is 14.1. The van der Waals surface area contributed by atoms with Crippen LogP contribution in [0.5, 0.6) is 0 Å². The van der Waals surface area contributed by atoms with Crippen molar-refractivity contribution in [1.82, 2.24) is 4.98 Å². The number of pyridine rings is 1. The van der Waals surface area contributed by atoms with Crippen LogP contribution in [0, 0.1) is 11.3 Å². The molecule has 90 valence electrons. The summed E-state index contributed by atoms with van der Waals surface area (Å²) in [6, 6.07) is 11.0. The quantitative estimate of drug-likeness (QED) is 0.385. The predicted molar refractivity (Wildman–Crippen MR) is 79.4 cm³/mol. The first-order valence-electron chi connectivity index (χ1n) is 5.12. The van der Waals surface area contributed by atoms with E-state index >= 15 is 0 Å². The molecule has 0 fully saturated rings. The van der Waals surface area contributed by atoms with E-state index in [1.807, 2.05) is 35.0 Å². The summed E-state index contributed by atoms with van der Waals surface area (Å²) in [7, 11) is 0. The van der Waals surface area contributed by atoms with E-state index in [0.717, 1.165) is 17.1 Å². The fraction of sp³-hybridized carbons (Fsp3) is 0. The zero-order chi connectivity index (χ0) is 13.0. The normalized spacial score (nSPS) is 9.61. The van der Waals surface area contributed by atoms with Crippen LogP contribution in [0.4, 0.5) is 17.1 Å². The van der Waals surface area contributed by atoms with Crippen LogP contribution in [-0.2, 0) is 0 Å². The zero-order valence-corrected chi connectivity index (χ0v) is 11.5. The van der Waals surface area contributed by atoms with Crippen LogP contribution in [0.2, 0.25) is 0 Å². The molecule has 6 heteroatoms. The van der Waals surface area contributed by atoms with Gasteiger partial charge in [-0.05, 0) is 30.3 Å². The van der Waals surface area contributed by atoms with E-state index in [4.69, 9.17) is 11.1 Å². The third-order valence-corrected chi connectivity index (χ3v) is 3.01. The highest BCUT2D eigenvalue weighted by Gasteiger charge is 2.10. The third kappa shape index (κ3) is 2.52. The van der Waals surface area contributed by atoms with Crippen molar-refractivity contribution in [1.29, 1.82) is 5.26 Å². The maximum absolute atomic E-state index is 8.87. The molecule has 0 radical (unpaired) electrons. The van der Waals surface area contributed by atoms with E-state index in [9.17, 15) is 0 Å². The molecular weight excluding hydrogens is 341 g/mol. The summed E-state index contributed by atoms with van der Waals surface area (Å²) in [5.74, 6) is 6.06. The Bertz CT molecular complexity index is 579. The number of hydrogen-bond donors (Lipinski definition) is 2. The molecule has 0 saturated heterocycles. The van der Waals surface area contributed by atoms with Crippen molar-refractivity contribution in [3.63, 3.8) is 0 Å². The average Bonchev–Trinajstić information content (AvgIpc) is 2.46. The fourth-order valence-corrected chi connectivity index (χ4v) is 1.97. The van der Waals surface area contributed by atoms with Crippen molar-refractivity contribution in [3.05, 3.63) is 48.3 Å². The Kier molecular flexibility index (Phi) is 3.96. The standard InChI is InChI=1S/C12H10IN5/c13-17-11-7-9(8-14)1-2-12(11)18(15)10-3-5-16-6-4-10/h1-7,17H,15H2. The summed E-state index contributed by atoms with van der Waals surface area (Å²) in [5.41, 5.74) is 2.98. The van der Waals surface area contributed by atoms with Crippen molar-refractivity contribution in [3.8, 4) is 6.07 Å². The largest absolute Gasteiger partial charge is 0.327 e. The second-order valence-corrected chi connectivity index (χ2v) is 4.05. The van der Waals surface area contributed by atoms with E-state index in [0.29, 0.717) is 5.56 Å². The number of nitrogens with two attached hydrogens (primary N) is 1. The Morgan fingerprint density at radius 1 is 1.28 bits per heavy atom. The van der Waals surface area contributed by atoms with Gasteiger partial charge in [0.05, 0.1) is 51.6 Å². The molecule has 0 aliphatic heterocycles. The predicted octanol–water partition coefficient (Wildman–Crippen LogP) is 2.73. The minimum atomic E-state index is 0.584. The number of hydrazine groups is 1. The molecule has 0 spiro atoms. The molecule has 2 rings (SSSR count). The molecule has 0 bridgehead atoms. The Hall–Kier alpha value is -1.85. The van der Waals surface area contributed by atoms with Crippen molar-refractivity contribution in [2.75, 3.05) is 8.54 Å². The topological polar surface area (TPSA) is 78.0 Å². The number of nitrogens with one attached hydrogen (secondary N) is 1. The van der Waals surface area contributed by atoms with Crippen molar-refractivity contribution in [2.24, 2.45) is 5.84 Å². The third-order valence-electron chi connectivity index (χ3n) is 2.43. The number of halogens is 1. The summed E-state index contributed by atoms with van der Waals surface area (Å²) in [4.78, 5) is 3.95. The number of benzene rings is 1. The van der Waals surface area contributed by atoms with Gasteiger partial charge in [0.15, 0.2) is 0 Å². The van der Waals surface area contributed by atoms with Gasteiger partial charge >= 0.3 is 0 Å². The highest BCUT2D eigenvalue weighted by atomic mass is 127. The molecule has 5 nitrogen and oxygen atoms in total. The molecule has 1 aromatic carbocycles. The molecule has 0 aliphatic rings. The van der Waals surface area contributed by atoms with E-state index in [1.54, 1.807) is 35.6 Å². The van der Waals surface area contributed by atoms with Gasteiger partial charge in [-0.15, -0.1) is 0 Å². The minimum Gasteiger partial charge on any atom is -0.327 e. The van der Waals surface area contributed by atoms with Crippen LogP contribution in [0.25, 0.3) is 0 Å². The molecule has 0 aliphatic carbocycles. The van der Waals surface area contributed by atoms with Gasteiger partial charge in [-0.1, -0.05) is 0 Å². The first-order chi connectivity index (χ1) is 8.76. The van der Waals surface area contributed by atoms with Crippen LogP contribution in [-0.4, -0.2) is 4.98 Å². The van der Waals surface area contributed by atoms with Crippen LogP contribution in [0.3, 0.4) is 0 Å². The molecule has 0 atom stereocenters. The van der Waals surface area contributed by atoms with Gasteiger partial charge in [-0.3, -0.25) is 9.99 Å².